The molecular formula is C17H12F3N3O3. The predicted molar refractivity (Wildman–Crippen MR) is 86.9 cm³/mol. The van der Waals surface area contributed by atoms with Crippen molar-refractivity contribution in [2.75, 3.05) is 7.11 Å². The van der Waals surface area contributed by atoms with Crippen LogP contribution in [0.1, 0.15) is 5.56 Å². The maximum absolute atomic E-state index is 13.0. The SMILES string of the molecule is COc1ccc(-c2[nH]oc(=O)c2N=Nc2ccccc2C(F)(F)F)cc1. The molecule has 0 spiro atoms. The topological polar surface area (TPSA) is 80.0 Å². The van der Waals surface area contributed by atoms with Crippen LogP contribution in [-0.2, 0) is 6.18 Å². The van der Waals surface area contributed by atoms with Crippen LogP contribution >= 0.6 is 0 Å². The van der Waals surface area contributed by atoms with Gasteiger partial charge in [-0.3, -0.25) is 0 Å². The van der Waals surface area contributed by atoms with Crippen LogP contribution in [0, 0.1) is 0 Å². The lowest BCUT2D eigenvalue weighted by molar-refractivity contribution is -0.137. The third-order valence-electron chi connectivity index (χ3n) is 3.52. The summed E-state index contributed by atoms with van der Waals surface area (Å²) >= 11 is 0. The number of azo groups is 1. The molecule has 2 aromatic carbocycles. The Kier molecular flexibility index (Phi) is 4.61. The summed E-state index contributed by atoms with van der Waals surface area (Å²) < 4.78 is 48.8. The number of methoxy groups -OCH3 is 1. The fourth-order valence-corrected chi connectivity index (χ4v) is 2.24. The molecule has 0 saturated heterocycles. The summed E-state index contributed by atoms with van der Waals surface area (Å²) in [6.45, 7) is 0. The van der Waals surface area contributed by atoms with Crippen LogP contribution in [0.2, 0.25) is 0 Å². The molecule has 26 heavy (non-hydrogen) atoms. The summed E-state index contributed by atoms with van der Waals surface area (Å²) in [7, 11) is 1.51. The Morgan fingerprint density at radius 2 is 1.73 bits per heavy atom. The number of ether oxygens (including phenoxy) is 1. The Morgan fingerprint density at radius 3 is 2.38 bits per heavy atom. The molecule has 0 atom stereocenters. The van der Waals surface area contributed by atoms with Crippen molar-refractivity contribution in [2.45, 2.75) is 6.18 Å². The summed E-state index contributed by atoms with van der Waals surface area (Å²) in [5, 5.41) is 9.69. The van der Waals surface area contributed by atoms with Gasteiger partial charge in [-0.05, 0) is 36.4 Å². The van der Waals surface area contributed by atoms with Crippen molar-refractivity contribution in [3.05, 3.63) is 64.5 Å². The van der Waals surface area contributed by atoms with Crippen molar-refractivity contribution in [1.29, 1.82) is 0 Å². The van der Waals surface area contributed by atoms with Gasteiger partial charge in [0.05, 0.1) is 18.4 Å². The number of hydrogen-bond donors (Lipinski definition) is 1. The van der Waals surface area contributed by atoms with Crippen molar-refractivity contribution >= 4 is 11.4 Å². The first kappa shape index (κ1) is 17.5. The third kappa shape index (κ3) is 3.51. The smallest absolute Gasteiger partial charge is 0.418 e. The number of nitrogens with one attached hydrogen (secondary N) is 1. The largest absolute Gasteiger partial charge is 0.497 e. The molecule has 0 aliphatic carbocycles. The van der Waals surface area contributed by atoms with Crippen molar-refractivity contribution < 1.29 is 22.4 Å². The normalized spacial score (nSPS) is 11.8. The maximum Gasteiger partial charge on any atom is 0.418 e. The van der Waals surface area contributed by atoms with E-state index in [-0.39, 0.29) is 11.4 Å². The van der Waals surface area contributed by atoms with Crippen LogP contribution in [0.15, 0.2) is 68.1 Å². The molecule has 1 N–H and O–H groups in total. The molecular weight excluding hydrogens is 351 g/mol. The van der Waals surface area contributed by atoms with Crippen molar-refractivity contribution in [1.82, 2.24) is 5.16 Å². The lowest BCUT2D eigenvalue weighted by Crippen LogP contribution is -2.04. The second-order valence-corrected chi connectivity index (χ2v) is 5.16. The number of aromatic amines is 1. The number of halogens is 3. The van der Waals surface area contributed by atoms with Crippen LogP contribution in [0.5, 0.6) is 5.75 Å². The van der Waals surface area contributed by atoms with E-state index >= 15 is 0 Å². The Balaban J connectivity index is 2.00. The second-order valence-electron chi connectivity index (χ2n) is 5.16. The first-order chi connectivity index (χ1) is 12.4. The highest BCUT2D eigenvalue weighted by atomic mass is 19.4. The summed E-state index contributed by atoms with van der Waals surface area (Å²) in [4.78, 5) is 11.8. The summed E-state index contributed by atoms with van der Waals surface area (Å²) in [6, 6.07) is 11.3. The second kappa shape index (κ2) is 6.87. The number of H-pyrrole nitrogens is 1. The number of benzene rings is 2. The van der Waals surface area contributed by atoms with E-state index in [2.05, 4.69) is 15.4 Å². The molecule has 0 radical (unpaired) electrons. The Morgan fingerprint density at radius 1 is 1.04 bits per heavy atom. The molecule has 3 aromatic rings. The molecule has 0 amide bonds. The van der Waals surface area contributed by atoms with Crippen LogP contribution in [0.3, 0.4) is 0 Å². The Labute approximate surface area is 144 Å². The van der Waals surface area contributed by atoms with Crippen molar-refractivity contribution in [3.63, 3.8) is 0 Å². The van der Waals surface area contributed by atoms with Gasteiger partial charge in [0.25, 0.3) is 0 Å². The Hall–Kier alpha value is -3.36. The quantitative estimate of drug-likeness (QED) is 0.657. The fraction of sp³-hybridized carbons (Fsp3) is 0.118. The van der Waals surface area contributed by atoms with Crippen LogP contribution in [-0.4, -0.2) is 12.3 Å². The van der Waals surface area contributed by atoms with Gasteiger partial charge in [0.1, 0.15) is 11.4 Å². The van der Waals surface area contributed by atoms with Gasteiger partial charge < -0.3 is 9.26 Å². The first-order valence-electron chi connectivity index (χ1n) is 7.34. The van der Waals surface area contributed by atoms with Crippen LogP contribution in [0.4, 0.5) is 24.5 Å². The molecule has 1 heterocycles. The highest BCUT2D eigenvalue weighted by Crippen LogP contribution is 2.37. The van der Waals surface area contributed by atoms with Gasteiger partial charge in [0.2, 0.25) is 0 Å². The minimum absolute atomic E-state index is 0.200. The van der Waals surface area contributed by atoms with Gasteiger partial charge in [-0.15, -0.1) is 10.2 Å². The van der Waals surface area contributed by atoms with E-state index < -0.39 is 23.1 Å². The Bertz CT molecular complexity index is 989. The lowest BCUT2D eigenvalue weighted by atomic mass is 10.1. The van der Waals surface area contributed by atoms with Gasteiger partial charge >= 0.3 is 11.8 Å². The molecule has 0 aliphatic heterocycles. The average Bonchev–Trinajstić information content (AvgIpc) is 3.00. The van der Waals surface area contributed by atoms with E-state index in [1.54, 1.807) is 24.3 Å². The van der Waals surface area contributed by atoms with Crippen LogP contribution in [0.25, 0.3) is 11.3 Å². The van der Waals surface area contributed by atoms with Crippen molar-refractivity contribution in [3.8, 4) is 17.0 Å². The molecule has 3 rings (SSSR count). The zero-order chi connectivity index (χ0) is 18.7. The summed E-state index contributed by atoms with van der Waals surface area (Å²) in [5.41, 5.74) is -1.69. The zero-order valence-corrected chi connectivity index (χ0v) is 13.4. The molecule has 134 valence electrons. The molecule has 0 saturated carbocycles. The minimum Gasteiger partial charge on any atom is -0.497 e. The average molecular weight is 363 g/mol. The number of aromatic nitrogens is 1. The van der Waals surface area contributed by atoms with Gasteiger partial charge in [0, 0.05) is 5.56 Å². The number of nitrogens with zero attached hydrogens (tertiary/aromatic N) is 2. The molecule has 9 heteroatoms. The molecule has 0 aliphatic rings. The number of rotatable bonds is 4. The molecule has 6 nitrogen and oxygen atoms in total. The third-order valence-corrected chi connectivity index (χ3v) is 3.52. The van der Waals surface area contributed by atoms with E-state index in [4.69, 9.17) is 9.26 Å². The maximum atomic E-state index is 13.0. The standard InChI is InChI=1S/C17H12F3N3O3/c1-25-11-8-6-10(7-9-11)14-15(16(24)26-23-14)22-21-13-5-3-2-4-12(13)17(18,19)20/h2-9,23H,1H3. The summed E-state index contributed by atoms with van der Waals surface area (Å²) in [5.74, 6) is 0.599. The fourth-order valence-electron chi connectivity index (χ4n) is 2.24. The summed E-state index contributed by atoms with van der Waals surface area (Å²) in [6.07, 6.45) is -4.59. The van der Waals surface area contributed by atoms with E-state index in [1.807, 2.05) is 0 Å². The van der Waals surface area contributed by atoms with E-state index in [9.17, 15) is 18.0 Å². The van der Waals surface area contributed by atoms with Crippen LogP contribution < -0.4 is 10.4 Å². The van der Waals surface area contributed by atoms with Gasteiger partial charge in [-0.1, -0.05) is 12.1 Å². The zero-order valence-electron chi connectivity index (χ0n) is 13.4. The van der Waals surface area contributed by atoms with E-state index in [0.717, 1.165) is 12.1 Å². The minimum atomic E-state index is -4.59. The molecule has 0 bridgehead atoms. The molecule has 0 unspecified atom stereocenters. The van der Waals surface area contributed by atoms with E-state index in [1.165, 1.54) is 19.2 Å². The highest BCUT2D eigenvalue weighted by Gasteiger charge is 2.33. The predicted octanol–water partition coefficient (Wildman–Crippen LogP) is 5.08. The monoisotopic (exact) mass is 363 g/mol. The number of hydrogen-bond acceptors (Lipinski definition) is 5. The van der Waals surface area contributed by atoms with Crippen molar-refractivity contribution in [2.24, 2.45) is 10.2 Å². The van der Waals surface area contributed by atoms with Gasteiger partial charge in [-0.25, -0.2) is 9.95 Å². The molecule has 0 fully saturated rings. The van der Waals surface area contributed by atoms with Gasteiger partial charge in [-0.2, -0.15) is 13.2 Å². The first-order valence-corrected chi connectivity index (χ1v) is 7.34. The lowest BCUT2D eigenvalue weighted by Gasteiger charge is -2.08. The number of alkyl halides is 3. The van der Waals surface area contributed by atoms with Gasteiger partial charge in [0.15, 0.2) is 5.69 Å². The van der Waals surface area contributed by atoms with E-state index in [0.29, 0.717) is 11.3 Å². The highest BCUT2D eigenvalue weighted by molar-refractivity contribution is 5.71. The molecule has 1 aromatic heterocycles.